The molecule has 0 saturated heterocycles. The van der Waals surface area contributed by atoms with E-state index in [1.165, 1.54) is 0 Å². The number of nitrogens with one attached hydrogen (secondary N) is 1. The molecule has 0 aliphatic carbocycles. The van der Waals surface area contributed by atoms with Crippen LogP contribution in [-0.2, 0) is 13.1 Å². The van der Waals surface area contributed by atoms with Gasteiger partial charge in [0.1, 0.15) is 0 Å². The van der Waals surface area contributed by atoms with Gasteiger partial charge in [-0.3, -0.25) is 15.1 Å². The van der Waals surface area contributed by atoms with Crippen LogP contribution in [0.5, 0.6) is 0 Å². The van der Waals surface area contributed by atoms with Crippen molar-refractivity contribution in [3.63, 3.8) is 0 Å². The summed E-state index contributed by atoms with van der Waals surface area (Å²) in [7, 11) is 1.94. The van der Waals surface area contributed by atoms with E-state index in [9.17, 15) is 4.79 Å². The lowest BCUT2D eigenvalue weighted by atomic mass is 10.3. The third kappa shape index (κ3) is 3.13. The maximum absolute atomic E-state index is 11.2. The van der Waals surface area contributed by atoms with E-state index < -0.39 is 5.91 Å². The highest BCUT2D eigenvalue weighted by Gasteiger charge is 2.12. The van der Waals surface area contributed by atoms with Gasteiger partial charge in [0.2, 0.25) is 0 Å². The first kappa shape index (κ1) is 12.7. The summed E-state index contributed by atoms with van der Waals surface area (Å²) in [4.78, 5) is 17.4. The lowest BCUT2D eigenvalue weighted by Gasteiger charge is -2.12. The van der Waals surface area contributed by atoms with Gasteiger partial charge in [-0.15, -0.1) is 11.3 Å². The first-order valence-corrected chi connectivity index (χ1v) is 6.15. The van der Waals surface area contributed by atoms with Crippen LogP contribution in [0.4, 0.5) is 0 Å². The normalized spacial score (nSPS) is 10.8. The van der Waals surface area contributed by atoms with Crippen molar-refractivity contribution in [3.05, 3.63) is 34.1 Å². The van der Waals surface area contributed by atoms with Crippen LogP contribution in [0.3, 0.4) is 0 Å². The molecule has 0 aromatic carbocycles. The van der Waals surface area contributed by atoms with Gasteiger partial charge < -0.3 is 4.52 Å². The molecule has 0 aliphatic rings. The molecule has 1 amide bonds. The van der Waals surface area contributed by atoms with Gasteiger partial charge in [0.05, 0.1) is 17.7 Å². The number of amides is 1. The molecule has 2 aromatic heterocycles. The van der Waals surface area contributed by atoms with Gasteiger partial charge in [-0.2, -0.15) is 0 Å². The van der Waals surface area contributed by atoms with Crippen LogP contribution in [0.25, 0.3) is 0 Å². The molecule has 0 aliphatic heterocycles. The van der Waals surface area contributed by atoms with E-state index >= 15 is 0 Å². The summed E-state index contributed by atoms with van der Waals surface area (Å²) < 4.78 is 5.05. The van der Waals surface area contributed by atoms with Crippen molar-refractivity contribution in [1.29, 1.82) is 0 Å². The second-order valence-corrected chi connectivity index (χ2v) is 4.52. The van der Waals surface area contributed by atoms with Crippen molar-refractivity contribution in [1.82, 2.24) is 20.5 Å². The number of carbonyl (C=O) groups is 1. The molecule has 0 unspecified atom stereocenters. The number of nitrogens with zero attached hydrogens (tertiary/aromatic N) is 3. The predicted octanol–water partition coefficient (Wildman–Crippen LogP) is 0.367. The minimum Gasteiger partial charge on any atom is -0.359 e. The highest BCUT2D eigenvalue weighted by molar-refractivity contribution is 7.07. The van der Waals surface area contributed by atoms with Crippen LogP contribution < -0.4 is 11.3 Å². The zero-order chi connectivity index (χ0) is 13.0. The molecule has 8 heteroatoms. The molecular formula is C10H13N5O2S. The summed E-state index contributed by atoms with van der Waals surface area (Å²) >= 11 is 1.56. The lowest BCUT2D eigenvalue weighted by Crippen LogP contribution is -2.30. The molecule has 0 radical (unpaired) electrons. The molecule has 7 nitrogen and oxygen atoms in total. The van der Waals surface area contributed by atoms with Gasteiger partial charge in [-0.25, -0.2) is 10.8 Å². The number of aromatic nitrogens is 2. The number of hydrazine groups is 1. The third-order valence-electron chi connectivity index (χ3n) is 2.26. The Kier molecular flexibility index (Phi) is 4.03. The van der Waals surface area contributed by atoms with E-state index in [1.807, 2.05) is 22.8 Å². The van der Waals surface area contributed by atoms with E-state index in [-0.39, 0.29) is 5.69 Å². The molecule has 3 N–H and O–H groups in total. The van der Waals surface area contributed by atoms with Crippen LogP contribution in [0.1, 0.15) is 21.9 Å². The Morgan fingerprint density at radius 3 is 3.11 bits per heavy atom. The Morgan fingerprint density at radius 1 is 1.61 bits per heavy atom. The SMILES string of the molecule is CN(Cc1cscn1)Cc1cc(C(=O)NN)no1. The highest BCUT2D eigenvalue weighted by atomic mass is 32.1. The fourth-order valence-electron chi connectivity index (χ4n) is 1.48. The summed E-state index contributed by atoms with van der Waals surface area (Å²) in [5.74, 6) is 5.14. The molecule has 0 fully saturated rings. The van der Waals surface area contributed by atoms with Crippen LogP contribution in [0.2, 0.25) is 0 Å². The summed E-state index contributed by atoms with van der Waals surface area (Å²) in [5.41, 5.74) is 4.97. The monoisotopic (exact) mass is 267 g/mol. The van der Waals surface area contributed by atoms with E-state index in [2.05, 4.69) is 10.1 Å². The second kappa shape index (κ2) is 5.71. The van der Waals surface area contributed by atoms with Gasteiger partial charge in [0.15, 0.2) is 11.5 Å². The van der Waals surface area contributed by atoms with E-state index in [4.69, 9.17) is 10.4 Å². The third-order valence-corrected chi connectivity index (χ3v) is 2.90. The van der Waals surface area contributed by atoms with Crippen LogP contribution in [0, 0.1) is 0 Å². The number of rotatable bonds is 5. The number of carbonyl (C=O) groups excluding carboxylic acids is 1. The van der Waals surface area contributed by atoms with Crippen LogP contribution >= 0.6 is 11.3 Å². The van der Waals surface area contributed by atoms with Crippen molar-refractivity contribution in [2.45, 2.75) is 13.1 Å². The van der Waals surface area contributed by atoms with Crippen molar-refractivity contribution < 1.29 is 9.32 Å². The summed E-state index contributed by atoms with van der Waals surface area (Å²) in [6, 6.07) is 1.57. The van der Waals surface area contributed by atoms with E-state index in [0.717, 1.165) is 5.69 Å². The number of thiazole rings is 1. The zero-order valence-electron chi connectivity index (χ0n) is 9.79. The maximum Gasteiger partial charge on any atom is 0.287 e. The van der Waals surface area contributed by atoms with Gasteiger partial charge >= 0.3 is 0 Å². The average Bonchev–Trinajstić information content (AvgIpc) is 2.99. The Hall–Kier alpha value is -1.77. The fraction of sp³-hybridized carbons (Fsp3) is 0.300. The van der Waals surface area contributed by atoms with Gasteiger partial charge in [-0.1, -0.05) is 5.16 Å². The molecule has 96 valence electrons. The predicted molar refractivity (Wildman–Crippen MR) is 65.4 cm³/mol. The molecule has 2 aromatic rings. The summed E-state index contributed by atoms with van der Waals surface area (Å²) in [6.07, 6.45) is 0. The molecule has 2 heterocycles. The molecule has 0 bridgehead atoms. The van der Waals surface area contributed by atoms with Gasteiger partial charge in [0.25, 0.3) is 5.91 Å². The van der Waals surface area contributed by atoms with E-state index in [1.54, 1.807) is 22.9 Å². The van der Waals surface area contributed by atoms with Gasteiger partial charge in [-0.05, 0) is 7.05 Å². The number of hydrogen-bond acceptors (Lipinski definition) is 7. The van der Waals surface area contributed by atoms with E-state index in [0.29, 0.717) is 18.8 Å². The second-order valence-electron chi connectivity index (χ2n) is 3.80. The zero-order valence-corrected chi connectivity index (χ0v) is 10.6. The molecule has 0 atom stereocenters. The molecule has 0 spiro atoms. The standard InChI is InChI=1S/C10H13N5O2S/c1-15(3-7-5-18-6-12-7)4-8-2-9(14-17-8)10(16)13-11/h2,5-6H,3-4,11H2,1H3,(H,13,16). The Labute approximate surface area is 108 Å². The molecule has 0 saturated carbocycles. The van der Waals surface area contributed by atoms with Crippen molar-refractivity contribution in [2.75, 3.05) is 7.05 Å². The first-order chi connectivity index (χ1) is 8.69. The first-order valence-electron chi connectivity index (χ1n) is 5.21. The molecular weight excluding hydrogens is 254 g/mol. The quantitative estimate of drug-likeness (QED) is 0.461. The number of hydrogen-bond donors (Lipinski definition) is 2. The maximum atomic E-state index is 11.2. The number of nitrogens with two attached hydrogens (primary N) is 1. The Balaban J connectivity index is 1.92. The minimum absolute atomic E-state index is 0.176. The molecule has 18 heavy (non-hydrogen) atoms. The van der Waals surface area contributed by atoms with Crippen LogP contribution in [-0.4, -0.2) is 28.0 Å². The van der Waals surface area contributed by atoms with Crippen LogP contribution in [0.15, 0.2) is 21.5 Å². The van der Waals surface area contributed by atoms with Crippen molar-refractivity contribution in [3.8, 4) is 0 Å². The Bertz CT molecular complexity index is 510. The average molecular weight is 267 g/mol. The summed E-state index contributed by atoms with van der Waals surface area (Å²) in [6.45, 7) is 1.25. The number of nitrogen functional groups attached to an aromatic ring is 1. The van der Waals surface area contributed by atoms with Crippen molar-refractivity contribution in [2.24, 2.45) is 5.84 Å². The largest absolute Gasteiger partial charge is 0.359 e. The smallest absolute Gasteiger partial charge is 0.287 e. The van der Waals surface area contributed by atoms with Gasteiger partial charge in [0, 0.05) is 18.0 Å². The molecule has 2 rings (SSSR count). The topological polar surface area (TPSA) is 97.3 Å². The minimum atomic E-state index is -0.466. The summed E-state index contributed by atoms with van der Waals surface area (Å²) in [5, 5.41) is 5.62. The Morgan fingerprint density at radius 2 is 2.44 bits per heavy atom. The highest BCUT2D eigenvalue weighted by Crippen LogP contribution is 2.09. The lowest BCUT2D eigenvalue weighted by molar-refractivity contribution is 0.0944. The fourth-order valence-corrected chi connectivity index (χ4v) is 2.03. The van der Waals surface area contributed by atoms with Crippen molar-refractivity contribution >= 4 is 17.2 Å².